The summed E-state index contributed by atoms with van der Waals surface area (Å²) in [6.07, 6.45) is 2.37. The van der Waals surface area contributed by atoms with E-state index in [2.05, 4.69) is 29.1 Å². The van der Waals surface area contributed by atoms with Crippen LogP contribution < -0.4 is 10.9 Å². The number of carbonyl (C=O) groups is 1. The fourth-order valence-corrected chi connectivity index (χ4v) is 4.29. The van der Waals surface area contributed by atoms with Crippen LogP contribution in [0.5, 0.6) is 5.75 Å². The molecular weight excluding hydrogens is 428 g/mol. The molecule has 0 aliphatic heterocycles. The number of aromatic nitrogens is 3. The lowest BCUT2D eigenvalue weighted by molar-refractivity contribution is 0.0944. The van der Waals surface area contributed by atoms with Crippen LogP contribution in [-0.4, -0.2) is 25.4 Å². The second kappa shape index (κ2) is 9.17. The Morgan fingerprint density at radius 2 is 1.91 bits per heavy atom. The maximum Gasteiger partial charge on any atom is 0.268 e. The first-order valence-electron chi connectivity index (χ1n) is 11.5. The molecule has 0 aliphatic rings. The highest BCUT2D eigenvalue weighted by Crippen LogP contribution is 2.30. The second-order valence-corrected chi connectivity index (χ2v) is 8.99. The van der Waals surface area contributed by atoms with Gasteiger partial charge >= 0.3 is 0 Å². The number of aryl methyl sites for hydroxylation is 3. The van der Waals surface area contributed by atoms with Gasteiger partial charge < -0.3 is 15.4 Å². The van der Waals surface area contributed by atoms with Gasteiger partial charge in [0.05, 0.1) is 11.2 Å². The third kappa shape index (κ3) is 4.33. The summed E-state index contributed by atoms with van der Waals surface area (Å²) in [6.45, 7) is 9.94. The maximum atomic E-state index is 13.4. The van der Waals surface area contributed by atoms with E-state index in [9.17, 15) is 14.7 Å². The van der Waals surface area contributed by atoms with Crippen molar-refractivity contribution in [2.24, 2.45) is 0 Å². The molecule has 34 heavy (non-hydrogen) atoms. The van der Waals surface area contributed by atoms with Gasteiger partial charge in [-0.05, 0) is 78.8 Å². The van der Waals surface area contributed by atoms with E-state index in [0.717, 1.165) is 39.2 Å². The number of aromatic amines is 1. The molecule has 0 saturated heterocycles. The largest absolute Gasteiger partial charge is 0.508 e. The van der Waals surface area contributed by atoms with Gasteiger partial charge in [-0.2, -0.15) is 0 Å². The summed E-state index contributed by atoms with van der Waals surface area (Å²) in [6, 6.07) is 11.2. The highest BCUT2D eigenvalue weighted by molar-refractivity contribution is 5.95. The Balaban J connectivity index is 1.77. The molecule has 3 aromatic heterocycles. The molecule has 0 fully saturated rings. The number of benzene rings is 1. The fourth-order valence-electron chi connectivity index (χ4n) is 4.29. The number of hydrogen-bond donors (Lipinski definition) is 3. The fraction of sp³-hybridized carbons (Fsp3) is 0.296. The Morgan fingerprint density at radius 3 is 2.59 bits per heavy atom. The molecule has 7 heteroatoms. The zero-order valence-corrected chi connectivity index (χ0v) is 20.2. The minimum atomic E-state index is -0.294. The number of rotatable bonds is 6. The van der Waals surface area contributed by atoms with E-state index < -0.39 is 0 Å². The van der Waals surface area contributed by atoms with Crippen molar-refractivity contribution < 1.29 is 9.90 Å². The van der Waals surface area contributed by atoms with Crippen molar-refractivity contribution in [2.75, 3.05) is 0 Å². The minimum Gasteiger partial charge on any atom is -0.508 e. The molecule has 1 amide bonds. The molecule has 0 saturated carbocycles. The number of nitrogens with one attached hydrogen (secondary N) is 2. The first kappa shape index (κ1) is 23.3. The summed E-state index contributed by atoms with van der Waals surface area (Å²) in [7, 11) is 0. The zero-order chi connectivity index (χ0) is 24.6. The predicted octanol–water partition coefficient (Wildman–Crippen LogP) is 4.63. The van der Waals surface area contributed by atoms with Crippen molar-refractivity contribution in [3.63, 3.8) is 0 Å². The number of carbonyl (C=O) groups excluding carboxylic acids is 1. The van der Waals surface area contributed by atoms with Crippen molar-refractivity contribution in [3.8, 4) is 16.9 Å². The molecule has 3 N–H and O–H groups in total. The number of hydrogen-bond acceptors (Lipinski definition) is 4. The van der Waals surface area contributed by atoms with Gasteiger partial charge in [-0.1, -0.05) is 26.8 Å². The van der Waals surface area contributed by atoms with E-state index in [-0.39, 0.29) is 29.7 Å². The summed E-state index contributed by atoms with van der Waals surface area (Å²) in [5.74, 6) is 0.109. The Kier molecular flexibility index (Phi) is 6.28. The molecule has 4 aromatic rings. The number of amides is 1. The molecule has 0 bridgehead atoms. The van der Waals surface area contributed by atoms with Crippen LogP contribution in [0.2, 0.25) is 0 Å². The number of nitrogens with zero attached hydrogens (tertiary/aromatic N) is 2. The number of aromatic hydroxyl groups is 1. The van der Waals surface area contributed by atoms with Crippen molar-refractivity contribution >= 4 is 11.4 Å². The Hall–Kier alpha value is -3.87. The lowest BCUT2D eigenvalue weighted by atomic mass is 10.0. The van der Waals surface area contributed by atoms with Crippen LogP contribution in [-0.2, 0) is 13.0 Å². The van der Waals surface area contributed by atoms with Gasteiger partial charge in [0.2, 0.25) is 0 Å². The topological polar surface area (TPSA) is 99.5 Å². The highest BCUT2D eigenvalue weighted by Gasteiger charge is 2.18. The highest BCUT2D eigenvalue weighted by atomic mass is 16.3. The Bertz CT molecular complexity index is 1450. The van der Waals surface area contributed by atoms with Crippen molar-refractivity contribution in [3.05, 3.63) is 86.9 Å². The first-order valence-corrected chi connectivity index (χ1v) is 11.5. The number of H-pyrrole nitrogens is 1. The minimum absolute atomic E-state index is 0.132. The molecule has 0 radical (unpaired) electrons. The van der Waals surface area contributed by atoms with Crippen LogP contribution in [0.1, 0.15) is 65.3 Å². The standard InChI is InChI=1S/C27H30N4O3/c1-6-18-10-17(5)30-26(33)21(18)13-28-27(34)23-12-20(19-7-8-24(32)16(4)9-19)11-22-25(15(2)3)29-14-31(22)23/h7-12,14-15,32H,6,13H2,1-5H3,(H,28,34)(H,30,33). The molecule has 0 atom stereocenters. The lowest BCUT2D eigenvalue weighted by Gasteiger charge is -2.13. The van der Waals surface area contributed by atoms with E-state index in [1.807, 2.05) is 51.1 Å². The molecule has 0 unspecified atom stereocenters. The van der Waals surface area contributed by atoms with Gasteiger partial charge in [-0.25, -0.2) is 4.98 Å². The normalized spacial score (nSPS) is 11.4. The maximum absolute atomic E-state index is 13.4. The van der Waals surface area contributed by atoms with Crippen LogP contribution in [0, 0.1) is 13.8 Å². The van der Waals surface area contributed by atoms with Gasteiger partial charge in [-0.15, -0.1) is 0 Å². The van der Waals surface area contributed by atoms with Crippen LogP contribution in [0.25, 0.3) is 16.6 Å². The summed E-state index contributed by atoms with van der Waals surface area (Å²) in [5, 5.41) is 12.9. The van der Waals surface area contributed by atoms with E-state index >= 15 is 0 Å². The van der Waals surface area contributed by atoms with Crippen molar-refractivity contribution in [2.45, 2.75) is 53.5 Å². The molecule has 4 rings (SSSR count). The third-order valence-corrected chi connectivity index (χ3v) is 6.16. The van der Waals surface area contributed by atoms with E-state index in [4.69, 9.17) is 0 Å². The number of pyridine rings is 2. The quantitative estimate of drug-likeness (QED) is 0.392. The molecule has 7 nitrogen and oxygen atoms in total. The summed E-state index contributed by atoms with van der Waals surface area (Å²) in [4.78, 5) is 33.3. The van der Waals surface area contributed by atoms with Crippen LogP contribution >= 0.6 is 0 Å². The SMILES string of the molecule is CCc1cc(C)[nH]c(=O)c1CNC(=O)c1cc(-c2ccc(O)c(C)c2)cc2c(C(C)C)ncn12. The monoisotopic (exact) mass is 458 g/mol. The van der Waals surface area contributed by atoms with Gasteiger partial charge in [0.15, 0.2) is 0 Å². The van der Waals surface area contributed by atoms with E-state index in [0.29, 0.717) is 17.7 Å². The Morgan fingerprint density at radius 1 is 1.15 bits per heavy atom. The molecule has 3 heterocycles. The number of imidazole rings is 1. The first-order chi connectivity index (χ1) is 16.2. The number of phenolic OH excluding ortho intramolecular Hbond substituents is 1. The number of phenols is 1. The summed E-state index contributed by atoms with van der Waals surface area (Å²) < 4.78 is 1.79. The summed E-state index contributed by atoms with van der Waals surface area (Å²) in [5.41, 5.74) is 6.79. The summed E-state index contributed by atoms with van der Waals surface area (Å²) >= 11 is 0. The predicted molar refractivity (Wildman–Crippen MR) is 133 cm³/mol. The molecule has 0 spiro atoms. The zero-order valence-electron chi connectivity index (χ0n) is 20.2. The van der Waals surface area contributed by atoms with Crippen LogP contribution in [0.15, 0.2) is 47.5 Å². The van der Waals surface area contributed by atoms with Crippen molar-refractivity contribution in [1.82, 2.24) is 19.7 Å². The van der Waals surface area contributed by atoms with Gasteiger partial charge in [0.1, 0.15) is 17.8 Å². The van der Waals surface area contributed by atoms with E-state index in [1.165, 1.54) is 0 Å². The van der Waals surface area contributed by atoms with Gasteiger partial charge in [0, 0.05) is 17.8 Å². The lowest BCUT2D eigenvalue weighted by Crippen LogP contribution is -2.29. The third-order valence-electron chi connectivity index (χ3n) is 6.16. The van der Waals surface area contributed by atoms with Gasteiger partial charge in [-0.3, -0.25) is 14.0 Å². The smallest absolute Gasteiger partial charge is 0.268 e. The second-order valence-electron chi connectivity index (χ2n) is 8.99. The van der Waals surface area contributed by atoms with Crippen LogP contribution in [0.4, 0.5) is 0 Å². The van der Waals surface area contributed by atoms with Gasteiger partial charge in [0.25, 0.3) is 11.5 Å². The molecule has 1 aromatic carbocycles. The average Bonchev–Trinajstić information content (AvgIpc) is 3.23. The average molecular weight is 459 g/mol. The number of fused-ring (bicyclic) bond motifs is 1. The molecule has 176 valence electrons. The molecule has 0 aliphatic carbocycles. The van der Waals surface area contributed by atoms with Crippen LogP contribution in [0.3, 0.4) is 0 Å². The van der Waals surface area contributed by atoms with Crippen molar-refractivity contribution in [1.29, 1.82) is 0 Å². The van der Waals surface area contributed by atoms with E-state index in [1.54, 1.807) is 16.8 Å². The molecular formula is C27H30N4O3. The Labute approximate surface area is 198 Å².